The van der Waals surface area contributed by atoms with Crippen LogP contribution in [0.1, 0.15) is 25.8 Å². The van der Waals surface area contributed by atoms with Crippen LogP contribution in [0.3, 0.4) is 0 Å². The minimum Gasteiger partial charge on any atom is -0.494 e. The van der Waals surface area contributed by atoms with Gasteiger partial charge in [0.2, 0.25) is 5.91 Å². The number of nitrogens with two attached hydrogens (primary N) is 1. The summed E-state index contributed by atoms with van der Waals surface area (Å²) in [7, 11) is 3.18. The van der Waals surface area contributed by atoms with Gasteiger partial charge in [0.1, 0.15) is 0 Å². The lowest BCUT2D eigenvalue weighted by atomic mass is 9.90. The molecular weight excluding hydrogens is 309 g/mol. The SMILES string of the molecule is COc1ccc(CN(C)C(=O)C(C)N2CCC(C)(CN)C2)cc1F. The number of likely N-dealkylation sites (N-methyl/N-ethyl adjacent to an activating group) is 1. The summed E-state index contributed by atoms with van der Waals surface area (Å²) >= 11 is 0. The van der Waals surface area contributed by atoms with Crippen LogP contribution in [-0.2, 0) is 11.3 Å². The summed E-state index contributed by atoms with van der Waals surface area (Å²) in [6.07, 6.45) is 1.01. The maximum absolute atomic E-state index is 13.8. The van der Waals surface area contributed by atoms with Gasteiger partial charge in [-0.1, -0.05) is 13.0 Å². The Morgan fingerprint density at radius 3 is 2.79 bits per heavy atom. The zero-order chi connectivity index (χ0) is 17.9. The quantitative estimate of drug-likeness (QED) is 0.861. The number of likely N-dealkylation sites (tertiary alicyclic amines) is 1. The summed E-state index contributed by atoms with van der Waals surface area (Å²) in [5, 5.41) is 0. The zero-order valence-corrected chi connectivity index (χ0v) is 15.0. The van der Waals surface area contributed by atoms with E-state index in [0.29, 0.717) is 13.1 Å². The van der Waals surface area contributed by atoms with Crippen LogP contribution < -0.4 is 10.5 Å². The number of methoxy groups -OCH3 is 1. The molecule has 6 heteroatoms. The molecule has 5 nitrogen and oxygen atoms in total. The summed E-state index contributed by atoms with van der Waals surface area (Å²) in [4.78, 5) is 16.5. The van der Waals surface area contributed by atoms with Crippen LogP contribution in [0, 0.1) is 11.2 Å². The number of amides is 1. The van der Waals surface area contributed by atoms with E-state index >= 15 is 0 Å². The van der Waals surface area contributed by atoms with E-state index in [1.165, 1.54) is 13.2 Å². The number of rotatable bonds is 6. The lowest BCUT2D eigenvalue weighted by molar-refractivity contribution is -0.135. The summed E-state index contributed by atoms with van der Waals surface area (Å²) < 4.78 is 18.7. The number of benzene rings is 1. The van der Waals surface area contributed by atoms with Crippen LogP contribution in [0.2, 0.25) is 0 Å². The molecule has 1 aromatic rings. The van der Waals surface area contributed by atoms with Crippen LogP contribution in [0.4, 0.5) is 4.39 Å². The normalized spacial score (nSPS) is 22.4. The molecule has 2 atom stereocenters. The molecular formula is C18H28FN3O2. The first-order valence-electron chi connectivity index (χ1n) is 8.31. The molecule has 1 heterocycles. The minimum atomic E-state index is -0.415. The number of hydrogen-bond donors (Lipinski definition) is 1. The highest BCUT2D eigenvalue weighted by Gasteiger charge is 2.37. The molecule has 2 unspecified atom stereocenters. The fourth-order valence-electron chi connectivity index (χ4n) is 3.19. The smallest absolute Gasteiger partial charge is 0.239 e. The molecule has 1 aromatic carbocycles. The Labute approximate surface area is 143 Å². The van der Waals surface area contributed by atoms with Crippen LogP contribution in [-0.4, -0.2) is 55.5 Å². The molecule has 2 rings (SSSR count). The molecule has 2 N–H and O–H groups in total. The molecule has 1 saturated heterocycles. The Kier molecular flexibility index (Phi) is 5.83. The molecule has 0 saturated carbocycles. The van der Waals surface area contributed by atoms with Gasteiger partial charge < -0.3 is 15.4 Å². The molecule has 1 amide bonds. The Morgan fingerprint density at radius 2 is 2.25 bits per heavy atom. The molecule has 0 radical (unpaired) electrons. The van der Waals surface area contributed by atoms with E-state index in [9.17, 15) is 9.18 Å². The van der Waals surface area contributed by atoms with Gasteiger partial charge >= 0.3 is 0 Å². The van der Waals surface area contributed by atoms with E-state index < -0.39 is 5.82 Å². The molecule has 0 spiro atoms. The van der Waals surface area contributed by atoms with Crippen molar-refractivity contribution in [2.45, 2.75) is 32.9 Å². The van der Waals surface area contributed by atoms with Crippen LogP contribution in [0.25, 0.3) is 0 Å². The van der Waals surface area contributed by atoms with Gasteiger partial charge in [-0.15, -0.1) is 0 Å². The van der Waals surface area contributed by atoms with Gasteiger partial charge in [-0.2, -0.15) is 0 Å². The van der Waals surface area contributed by atoms with Crippen molar-refractivity contribution < 1.29 is 13.9 Å². The van der Waals surface area contributed by atoms with Crippen molar-refractivity contribution >= 4 is 5.91 Å². The fourth-order valence-corrected chi connectivity index (χ4v) is 3.19. The van der Waals surface area contributed by atoms with Crippen molar-refractivity contribution in [1.82, 2.24) is 9.80 Å². The topological polar surface area (TPSA) is 58.8 Å². The first-order valence-corrected chi connectivity index (χ1v) is 8.31. The van der Waals surface area contributed by atoms with Gasteiger partial charge in [0.25, 0.3) is 0 Å². The third-order valence-electron chi connectivity index (χ3n) is 5.00. The first-order chi connectivity index (χ1) is 11.3. The third-order valence-corrected chi connectivity index (χ3v) is 5.00. The average Bonchev–Trinajstić information content (AvgIpc) is 2.96. The predicted molar refractivity (Wildman–Crippen MR) is 92.2 cm³/mol. The highest BCUT2D eigenvalue weighted by atomic mass is 19.1. The molecule has 0 aromatic heterocycles. The lowest BCUT2D eigenvalue weighted by Gasteiger charge is -2.29. The second kappa shape index (κ2) is 7.49. The summed E-state index contributed by atoms with van der Waals surface area (Å²) in [6, 6.07) is 4.57. The molecule has 0 bridgehead atoms. The zero-order valence-electron chi connectivity index (χ0n) is 15.0. The largest absolute Gasteiger partial charge is 0.494 e. The maximum Gasteiger partial charge on any atom is 0.239 e. The van der Waals surface area contributed by atoms with Crippen molar-refractivity contribution in [2.24, 2.45) is 11.1 Å². The van der Waals surface area contributed by atoms with Crippen molar-refractivity contribution in [2.75, 3.05) is 33.8 Å². The molecule has 24 heavy (non-hydrogen) atoms. The van der Waals surface area contributed by atoms with Crippen molar-refractivity contribution in [3.63, 3.8) is 0 Å². The second-order valence-corrected chi connectivity index (χ2v) is 7.07. The standard InChI is InChI=1S/C18H28FN3O2/c1-13(22-8-7-18(2,11-20)12-22)17(23)21(3)10-14-5-6-16(24-4)15(19)9-14/h5-6,9,13H,7-8,10-12,20H2,1-4H3. The molecule has 1 fully saturated rings. The van der Waals surface area contributed by atoms with Crippen molar-refractivity contribution in [1.29, 1.82) is 0 Å². The van der Waals surface area contributed by atoms with E-state index in [-0.39, 0.29) is 23.1 Å². The van der Waals surface area contributed by atoms with Crippen LogP contribution >= 0.6 is 0 Å². The average molecular weight is 337 g/mol. The number of nitrogens with zero attached hydrogens (tertiary/aromatic N) is 2. The number of carbonyl (C=O) groups excluding carboxylic acids is 1. The second-order valence-electron chi connectivity index (χ2n) is 7.07. The van der Waals surface area contributed by atoms with Crippen LogP contribution in [0.5, 0.6) is 5.75 Å². The van der Waals surface area contributed by atoms with E-state index in [0.717, 1.165) is 25.1 Å². The molecule has 1 aliphatic heterocycles. The Balaban J connectivity index is 1.98. The number of carbonyl (C=O) groups is 1. The Bertz CT molecular complexity index is 596. The van der Waals surface area contributed by atoms with Crippen molar-refractivity contribution in [3.05, 3.63) is 29.6 Å². The highest BCUT2D eigenvalue weighted by molar-refractivity contribution is 5.81. The van der Waals surface area contributed by atoms with E-state index in [2.05, 4.69) is 11.8 Å². The Morgan fingerprint density at radius 1 is 1.54 bits per heavy atom. The summed E-state index contributed by atoms with van der Waals surface area (Å²) in [5.41, 5.74) is 6.67. The monoisotopic (exact) mass is 337 g/mol. The fraction of sp³-hybridized carbons (Fsp3) is 0.611. The lowest BCUT2D eigenvalue weighted by Crippen LogP contribution is -2.45. The van der Waals surface area contributed by atoms with Gasteiger partial charge in [-0.05, 0) is 49.5 Å². The van der Waals surface area contributed by atoms with E-state index in [1.54, 1.807) is 24.1 Å². The van der Waals surface area contributed by atoms with Crippen molar-refractivity contribution in [3.8, 4) is 5.75 Å². The maximum atomic E-state index is 13.8. The number of halogens is 1. The van der Waals surface area contributed by atoms with Gasteiger partial charge in [-0.25, -0.2) is 4.39 Å². The molecule has 1 aliphatic rings. The number of hydrogen-bond acceptors (Lipinski definition) is 4. The van der Waals surface area contributed by atoms with Gasteiger partial charge in [0.05, 0.1) is 13.2 Å². The first kappa shape index (κ1) is 18.7. The third kappa shape index (κ3) is 4.05. The molecule has 134 valence electrons. The summed E-state index contributed by atoms with van der Waals surface area (Å²) in [5.74, 6) is -0.172. The van der Waals surface area contributed by atoms with Gasteiger partial charge in [0, 0.05) is 20.1 Å². The highest BCUT2D eigenvalue weighted by Crippen LogP contribution is 2.30. The number of ether oxygens (including phenoxy) is 1. The van der Waals surface area contributed by atoms with E-state index in [1.807, 2.05) is 6.92 Å². The van der Waals surface area contributed by atoms with Gasteiger partial charge in [0.15, 0.2) is 11.6 Å². The van der Waals surface area contributed by atoms with Crippen LogP contribution in [0.15, 0.2) is 18.2 Å². The van der Waals surface area contributed by atoms with Gasteiger partial charge in [-0.3, -0.25) is 9.69 Å². The minimum absolute atomic E-state index is 0.0347. The Hall–Kier alpha value is -1.66. The van der Waals surface area contributed by atoms with E-state index in [4.69, 9.17) is 10.5 Å². The predicted octanol–water partition coefficient (Wildman–Crippen LogP) is 1.85. The summed E-state index contributed by atoms with van der Waals surface area (Å²) in [6.45, 7) is 6.80. The molecule has 0 aliphatic carbocycles.